The molecule has 1 amide bonds. The number of ether oxygens (including phenoxy) is 1. The van der Waals surface area contributed by atoms with Crippen LogP contribution in [0.1, 0.15) is 32.3 Å². The maximum absolute atomic E-state index is 12.5. The van der Waals surface area contributed by atoms with Crippen LogP contribution in [-0.2, 0) is 27.3 Å². The molecular weight excluding hydrogens is 346 g/mol. The highest BCUT2D eigenvalue weighted by molar-refractivity contribution is 5.77. The number of aryl methyl sites for hydroxylation is 1. The van der Waals surface area contributed by atoms with Crippen molar-refractivity contribution in [1.82, 2.24) is 25.1 Å². The number of hydrogen-bond donors (Lipinski definition) is 0. The molecule has 3 rings (SSSR count). The van der Waals surface area contributed by atoms with Gasteiger partial charge in [0, 0.05) is 18.7 Å². The fourth-order valence-corrected chi connectivity index (χ4v) is 3.16. The Hall–Kier alpha value is -2.77. The quantitative estimate of drug-likeness (QED) is 0.718. The molecule has 144 valence electrons. The largest absolute Gasteiger partial charge is 0.466 e. The third-order valence-corrected chi connectivity index (χ3v) is 4.82. The second kappa shape index (κ2) is 8.75. The van der Waals surface area contributed by atoms with E-state index in [1.807, 2.05) is 24.3 Å². The van der Waals surface area contributed by atoms with Gasteiger partial charge in [0.15, 0.2) is 0 Å². The third kappa shape index (κ3) is 4.69. The molecule has 2 aromatic rings. The molecule has 2 heterocycles. The van der Waals surface area contributed by atoms with Crippen LogP contribution in [0.3, 0.4) is 0 Å². The highest BCUT2D eigenvalue weighted by Gasteiger charge is 2.28. The van der Waals surface area contributed by atoms with E-state index in [1.165, 1.54) is 10.4 Å². The number of nitrogens with zero attached hydrogens (tertiary/aromatic N) is 5. The van der Waals surface area contributed by atoms with Crippen LogP contribution in [0.4, 0.5) is 0 Å². The average molecular weight is 371 g/mol. The molecule has 0 spiro atoms. The number of esters is 1. The van der Waals surface area contributed by atoms with Crippen molar-refractivity contribution in [2.24, 2.45) is 5.92 Å². The van der Waals surface area contributed by atoms with E-state index in [9.17, 15) is 9.59 Å². The average Bonchev–Trinajstić information content (AvgIpc) is 3.17. The van der Waals surface area contributed by atoms with Gasteiger partial charge in [0.2, 0.25) is 11.7 Å². The van der Waals surface area contributed by atoms with Gasteiger partial charge in [0.25, 0.3) is 0 Å². The number of tetrazole rings is 1. The first-order chi connectivity index (χ1) is 13.1. The molecule has 0 radical (unpaired) electrons. The van der Waals surface area contributed by atoms with Gasteiger partial charge in [-0.2, -0.15) is 4.80 Å². The Morgan fingerprint density at radius 2 is 1.85 bits per heavy atom. The van der Waals surface area contributed by atoms with Gasteiger partial charge in [-0.25, -0.2) is 0 Å². The zero-order valence-electron chi connectivity index (χ0n) is 15.8. The summed E-state index contributed by atoms with van der Waals surface area (Å²) in [7, 11) is 0. The van der Waals surface area contributed by atoms with Crippen molar-refractivity contribution < 1.29 is 14.3 Å². The molecule has 0 N–H and O–H groups in total. The molecule has 0 saturated carbocycles. The molecule has 0 unspecified atom stereocenters. The number of rotatable bonds is 6. The summed E-state index contributed by atoms with van der Waals surface area (Å²) in [4.78, 5) is 27.3. The van der Waals surface area contributed by atoms with Crippen LogP contribution in [0.25, 0.3) is 11.4 Å². The van der Waals surface area contributed by atoms with Crippen molar-refractivity contribution in [3.8, 4) is 11.4 Å². The van der Waals surface area contributed by atoms with E-state index in [0.29, 0.717) is 38.4 Å². The molecule has 0 atom stereocenters. The molecule has 1 aromatic carbocycles. The third-order valence-electron chi connectivity index (χ3n) is 4.82. The van der Waals surface area contributed by atoms with Crippen LogP contribution in [0.5, 0.6) is 0 Å². The highest BCUT2D eigenvalue weighted by Crippen LogP contribution is 2.19. The number of piperidine rings is 1. The van der Waals surface area contributed by atoms with Gasteiger partial charge < -0.3 is 9.64 Å². The molecule has 0 bridgehead atoms. The lowest BCUT2D eigenvalue weighted by Crippen LogP contribution is -2.42. The first-order valence-electron chi connectivity index (χ1n) is 9.42. The standard InChI is InChI=1S/C19H25N5O3/c1-3-14-5-7-15(8-6-14)18-20-22-24(21-18)13-17(25)23-11-9-16(10-12-23)19(26)27-4-2/h5-8,16H,3-4,9-13H2,1-2H3. The Balaban J connectivity index is 1.54. The summed E-state index contributed by atoms with van der Waals surface area (Å²) in [6, 6.07) is 7.99. The smallest absolute Gasteiger partial charge is 0.309 e. The summed E-state index contributed by atoms with van der Waals surface area (Å²) in [6.45, 7) is 5.42. The zero-order chi connectivity index (χ0) is 19.2. The normalized spacial score (nSPS) is 15.0. The number of carbonyl (C=O) groups is 2. The lowest BCUT2D eigenvalue weighted by atomic mass is 9.97. The van der Waals surface area contributed by atoms with E-state index in [2.05, 4.69) is 22.3 Å². The van der Waals surface area contributed by atoms with Crippen LogP contribution < -0.4 is 0 Å². The maximum atomic E-state index is 12.5. The summed E-state index contributed by atoms with van der Waals surface area (Å²) in [6.07, 6.45) is 2.23. The van der Waals surface area contributed by atoms with Gasteiger partial charge in [-0.05, 0) is 37.0 Å². The molecular formula is C19H25N5O3. The van der Waals surface area contributed by atoms with Gasteiger partial charge in [-0.15, -0.1) is 10.2 Å². The molecule has 1 fully saturated rings. The minimum absolute atomic E-state index is 0.0458. The minimum Gasteiger partial charge on any atom is -0.466 e. The van der Waals surface area contributed by atoms with Crippen molar-refractivity contribution in [3.63, 3.8) is 0 Å². The van der Waals surface area contributed by atoms with E-state index in [0.717, 1.165) is 12.0 Å². The topological polar surface area (TPSA) is 90.2 Å². The number of benzene rings is 1. The lowest BCUT2D eigenvalue weighted by Gasteiger charge is -2.30. The van der Waals surface area contributed by atoms with E-state index >= 15 is 0 Å². The maximum Gasteiger partial charge on any atom is 0.309 e. The van der Waals surface area contributed by atoms with Crippen LogP contribution in [0, 0.1) is 5.92 Å². The summed E-state index contributed by atoms with van der Waals surface area (Å²) < 4.78 is 5.06. The molecule has 8 nitrogen and oxygen atoms in total. The van der Waals surface area contributed by atoms with Crippen molar-refractivity contribution >= 4 is 11.9 Å². The second-order valence-electron chi connectivity index (χ2n) is 6.60. The van der Waals surface area contributed by atoms with Gasteiger partial charge in [0.05, 0.1) is 12.5 Å². The molecule has 27 heavy (non-hydrogen) atoms. The SMILES string of the molecule is CCOC(=O)C1CCN(C(=O)Cn2nnc(-c3ccc(CC)cc3)n2)CC1. The van der Waals surface area contributed by atoms with Gasteiger partial charge in [0.1, 0.15) is 6.54 Å². The minimum atomic E-state index is -0.165. The van der Waals surface area contributed by atoms with E-state index in [1.54, 1.807) is 11.8 Å². The molecule has 1 aliphatic rings. The van der Waals surface area contributed by atoms with Crippen LogP contribution in [0.2, 0.25) is 0 Å². The monoisotopic (exact) mass is 371 g/mol. The predicted octanol–water partition coefficient (Wildman–Crippen LogP) is 1.70. The predicted molar refractivity (Wildman–Crippen MR) is 98.6 cm³/mol. The van der Waals surface area contributed by atoms with Crippen molar-refractivity contribution in [3.05, 3.63) is 29.8 Å². The lowest BCUT2D eigenvalue weighted by molar-refractivity contribution is -0.151. The second-order valence-corrected chi connectivity index (χ2v) is 6.60. The summed E-state index contributed by atoms with van der Waals surface area (Å²) in [5.74, 6) is 0.159. The van der Waals surface area contributed by atoms with E-state index in [-0.39, 0.29) is 24.3 Å². The van der Waals surface area contributed by atoms with Crippen LogP contribution >= 0.6 is 0 Å². The van der Waals surface area contributed by atoms with E-state index < -0.39 is 0 Å². The van der Waals surface area contributed by atoms with E-state index in [4.69, 9.17) is 4.74 Å². The first-order valence-corrected chi connectivity index (χ1v) is 9.42. The molecule has 8 heteroatoms. The Morgan fingerprint density at radius 1 is 1.15 bits per heavy atom. The van der Waals surface area contributed by atoms with Crippen molar-refractivity contribution in [2.45, 2.75) is 39.7 Å². The number of hydrogen-bond acceptors (Lipinski definition) is 6. The Morgan fingerprint density at radius 3 is 2.48 bits per heavy atom. The van der Waals surface area contributed by atoms with Gasteiger partial charge in [-0.1, -0.05) is 31.2 Å². The zero-order valence-corrected chi connectivity index (χ0v) is 15.8. The number of amides is 1. The van der Waals surface area contributed by atoms with Gasteiger partial charge >= 0.3 is 5.97 Å². The van der Waals surface area contributed by atoms with Crippen molar-refractivity contribution in [1.29, 1.82) is 0 Å². The highest BCUT2D eigenvalue weighted by atomic mass is 16.5. The molecule has 0 aliphatic carbocycles. The Bertz CT molecular complexity index is 779. The molecule has 1 saturated heterocycles. The fraction of sp³-hybridized carbons (Fsp3) is 0.526. The number of aromatic nitrogens is 4. The summed E-state index contributed by atoms with van der Waals surface area (Å²) in [5.41, 5.74) is 2.12. The van der Waals surface area contributed by atoms with Crippen LogP contribution in [-0.4, -0.2) is 56.7 Å². The number of likely N-dealkylation sites (tertiary alicyclic amines) is 1. The fourth-order valence-electron chi connectivity index (χ4n) is 3.16. The first kappa shape index (κ1) is 19.0. The van der Waals surface area contributed by atoms with Crippen molar-refractivity contribution in [2.75, 3.05) is 19.7 Å². The Labute approximate surface area is 158 Å². The molecule has 1 aliphatic heterocycles. The van der Waals surface area contributed by atoms with Crippen LogP contribution in [0.15, 0.2) is 24.3 Å². The van der Waals surface area contributed by atoms with Gasteiger partial charge in [-0.3, -0.25) is 9.59 Å². The summed E-state index contributed by atoms with van der Waals surface area (Å²) >= 11 is 0. The number of carbonyl (C=O) groups excluding carboxylic acids is 2. The summed E-state index contributed by atoms with van der Waals surface area (Å²) in [5, 5.41) is 12.3. The molecule has 1 aromatic heterocycles. The Kier molecular flexibility index (Phi) is 6.16.